The molecule has 0 bridgehead atoms. The standard InChI is InChI=1S/C14H9ClFIN2OS/c15-8-6-7(4-5-10(8)17)14(20)19-11-3-1-2-9(16)12(11)13(18)21/h1-6H,(H2,18,21)(H,19,20). The molecule has 2 aromatic carbocycles. The molecule has 1 amide bonds. The average molecular weight is 435 g/mol. The van der Waals surface area contributed by atoms with Crippen LogP contribution in [0.15, 0.2) is 36.4 Å². The smallest absolute Gasteiger partial charge is 0.255 e. The Bertz CT molecular complexity index is 739. The summed E-state index contributed by atoms with van der Waals surface area (Å²) in [5.41, 5.74) is 6.09. The van der Waals surface area contributed by atoms with Gasteiger partial charge in [-0.1, -0.05) is 29.9 Å². The molecule has 0 radical (unpaired) electrons. The van der Waals surface area contributed by atoms with Crippen LogP contribution in [-0.4, -0.2) is 10.9 Å². The number of amides is 1. The van der Waals surface area contributed by atoms with Crippen LogP contribution in [0.4, 0.5) is 10.1 Å². The summed E-state index contributed by atoms with van der Waals surface area (Å²) < 4.78 is 14.6. The van der Waals surface area contributed by atoms with Gasteiger partial charge in [-0.3, -0.25) is 4.79 Å². The molecule has 0 atom stereocenters. The van der Waals surface area contributed by atoms with Gasteiger partial charge in [0.1, 0.15) is 10.8 Å². The number of anilines is 1. The topological polar surface area (TPSA) is 55.1 Å². The molecule has 0 saturated heterocycles. The number of halogens is 3. The monoisotopic (exact) mass is 434 g/mol. The molecule has 21 heavy (non-hydrogen) atoms. The Morgan fingerprint density at radius 1 is 1.33 bits per heavy atom. The maximum atomic E-state index is 13.7. The molecule has 3 N–H and O–H groups in total. The van der Waals surface area contributed by atoms with E-state index < -0.39 is 11.7 Å². The van der Waals surface area contributed by atoms with Gasteiger partial charge in [0.25, 0.3) is 5.91 Å². The Balaban J connectivity index is 2.34. The summed E-state index contributed by atoms with van der Waals surface area (Å²) in [6.07, 6.45) is 0. The van der Waals surface area contributed by atoms with E-state index in [1.807, 2.05) is 0 Å². The zero-order chi connectivity index (χ0) is 15.6. The van der Waals surface area contributed by atoms with Gasteiger partial charge in [-0.25, -0.2) is 4.39 Å². The number of carbonyl (C=O) groups excluding carboxylic acids is 1. The summed E-state index contributed by atoms with van der Waals surface area (Å²) >= 11 is 12.8. The van der Waals surface area contributed by atoms with Crippen LogP contribution in [0.3, 0.4) is 0 Å². The summed E-state index contributed by atoms with van der Waals surface area (Å²) in [6, 6.07) is 9.11. The van der Waals surface area contributed by atoms with Crippen molar-refractivity contribution < 1.29 is 9.18 Å². The lowest BCUT2D eigenvalue weighted by Gasteiger charge is -2.11. The highest BCUT2D eigenvalue weighted by Crippen LogP contribution is 2.22. The van der Waals surface area contributed by atoms with E-state index in [9.17, 15) is 9.18 Å². The van der Waals surface area contributed by atoms with Gasteiger partial charge in [0.15, 0.2) is 0 Å². The number of benzene rings is 2. The highest BCUT2D eigenvalue weighted by atomic mass is 127. The van der Waals surface area contributed by atoms with Crippen molar-refractivity contribution in [3.8, 4) is 0 Å². The van der Waals surface area contributed by atoms with E-state index in [0.717, 1.165) is 3.57 Å². The normalized spacial score (nSPS) is 10.2. The van der Waals surface area contributed by atoms with Crippen molar-refractivity contribution in [2.24, 2.45) is 5.73 Å². The van der Waals surface area contributed by atoms with Crippen LogP contribution in [-0.2, 0) is 0 Å². The third kappa shape index (κ3) is 3.69. The van der Waals surface area contributed by atoms with Gasteiger partial charge in [0.2, 0.25) is 0 Å². The third-order valence-electron chi connectivity index (χ3n) is 2.69. The first-order valence-corrected chi connectivity index (χ1v) is 7.61. The zero-order valence-electron chi connectivity index (χ0n) is 10.5. The summed E-state index contributed by atoms with van der Waals surface area (Å²) in [4.78, 5) is 12.1. The van der Waals surface area contributed by atoms with Gasteiger partial charge >= 0.3 is 0 Å². The largest absolute Gasteiger partial charge is 0.389 e. The lowest BCUT2D eigenvalue weighted by molar-refractivity contribution is 0.102. The summed E-state index contributed by atoms with van der Waals surface area (Å²) in [5.74, 6) is -1.00. The van der Waals surface area contributed by atoms with E-state index in [0.29, 0.717) is 10.6 Å². The fourth-order valence-electron chi connectivity index (χ4n) is 1.71. The van der Waals surface area contributed by atoms with Crippen LogP contribution in [0.5, 0.6) is 0 Å². The molecular formula is C14H9ClFIN2OS. The molecule has 0 fully saturated rings. The third-order valence-corrected chi connectivity index (χ3v) is 4.47. The van der Waals surface area contributed by atoms with E-state index >= 15 is 0 Å². The second-order valence-electron chi connectivity index (χ2n) is 4.11. The first-order valence-electron chi connectivity index (χ1n) is 5.75. The van der Waals surface area contributed by atoms with E-state index in [2.05, 4.69) is 27.9 Å². The lowest BCUT2D eigenvalue weighted by atomic mass is 10.1. The van der Waals surface area contributed by atoms with Crippen LogP contribution in [0.25, 0.3) is 0 Å². The SMILES string of the molecule is NC(=S)c1c(F)cccc1NC(=O)c1ccc(I)c(Cl)c1. The molecule has 0 spiro atoms. The first kappa shape index (κ1) is 16.1. The van der Waals surface area contributed by atoms with Crippen molar-refractivity contribution in [3.63, 3.8) is 0 Å². The van der Waals surface area contributed by atoms with Gasteiger partial charge in [-0.05, 0) is 52.9 Å². The van der Waals surface area contributed by atoms with Gasteiger partial charge < -0.3 is 11.1 Å². The molecule has 0 aliphatic carbocycles. The fourth-order valence-corrected chi connectivity index (χ4v) is 2.43. The van der Waals surface area contributed by atoms with Crippen molar-refractivity contribution in [2.45, 2.75) is 0 Å². The van der Waals surface area contributed by atoms with Crippen molar-refractivity contribution in [3.05, 3.63) is 61.9 Å². The maximum Gasteiger partial charge on any atom is 0.255 e. The predicted octanol–water partition coefficient (Wildman–Crippen LogP) is 3.97. The average Bonchev–Trinajstić information content (AvgIpc) is 2.41. The molecule has 0 saturated carbocycles. The van der Waals surface area contributed by atoms with E-state index in [-0.39, 0.29) is 16.2 Å². The maximum absolute atomic E-state index is 13.7. The Hall–Kier alpha value is -1.25. The summed E-state index contributed by atoms with van der Waals surface area (Å²) in [5, 5.41) is 3.06. The number of hydrogen-bond acceptors (Lipinski definition) is 2. The van der Waals surface area contributed by atoms with Crippen LogP contribution in [0.2, 0.25) is 5.02 Å². The minimum absolute atomic E-state index is 0.0115. The molecule has 2 rings (SSSR count). The quantitative estimate of drug-likeness (QED) is 0.568. The molecule has 0 aliphatic rings. The molecule has 0 aliphatic heterocycles. The lowest BCUT2D eigenvalue weighted by Crippen LogP contribution is -2.19. The molecule has 0 unspecified atom stereocenters. The highest BCUT2D eigenvalue weighted by Gasteiger charge is 2.15. The minimum Gasteiger partial charge on any atom is -0.389 e. The first-order chi connectivity index (χ1) is 9.90. The highest BCUT2D eigenvalue weighted by molar-refractivity contribution is 14.1. The number of nitrogens with one attached hydrogen (secondary N) is 1. The van der Waals surface area contributed by atoms with Crippen molar-refractivity contribution in [2.75, 3.05) is 5.32 Å². The Morgan fingerprint density at radius 3 is 2.67 bits per heavy atom. The van der Waals surface area contributed by atoms with Crippen LogP contribution in [0.1, 0.15) is 15.9 Å². The molecule has 0 aromatic heterocycles. The number of rotatable bonds is 3. The number of thiocarbonyl (C=S) groups is 1. The van der Waals surface area contributed by atoms with Gasteiger partial charge in [-0.15, -0.1) is 0 Å². The van der Waals surface area contributed by atoms with Gasteiger partial charge in [-0.2, -0.15) is 0 Å². The van der Waals surface area contributed by atoms with Crippen LogP contribution < -0.4 is 11.1 Å². The second-order valence-corrected chi connectivity index (χ2v) is 6.12. The predicted molar refractivity (Wildman–Crippen MR) is 94.4 cm³/mol. The van der Waals surface area contributed by atoms with Crippen molar-refractivity contribution in [1.82, 2.24) is 0 Å². The molecule has 0 heterocycles. The Morgan fingerprint density at radius 2 is 2.05 bits per heavy atom. The number of carbonyl (C=O) groups is 1. The zero-order valence-corrected chi connectivity index (χ0v) is 14.2. The van der Waals surface area contributed by atoms with Gasteiger partial charge in [0, 0.05) is 9.13 Å². The Kier molecular flexibility index (Phi) is 5.13. The molecular weight excluding hydrogens is 426 g/mol. The molecule has 108 valence electrons. The van der Waals surface area contributed by atoms with Crippen LogP contribution in [0, 0.1) is 9.39 Å². The van der Waals surface area contributed by atoms with Crippen molar-refractivity contribution in [1.29, 1.82) is 0 Å². The second kappa shape index (κ2) is 6.67. The summed E-state index contributed by atoms with van der Waals surface area (Å²) in [7, 11) is 0. The van der Waals surface area contributed by atoms with Gasteiger partial charge in [0.05, 0.1) is 16.3 Å². The molecule has 3 nitrogen and oxygen atoms in total. The van der Waals surface area contributed by atoms with Crippen LogP contribution >= 0.6 is 46.4 Å². The van der Waals surface area contributed by atoms with E-state index in [4.69, 9.17) is 29.6 Å². The Labute approximate surface area is 144 Å². The molecule has 7 heteroatoms. The number of nitrogens with two attached hydrogens (primary N) is 1. The summed E-state index contributed by atoms with van der Waals surface area (Å²) in [6.45, 7) is 0. The van der Waals surface area contributed by atoms with E-state index in [1.165, 1.54) is 18.2 Å². The molecule has 2 aromatic rings. The van der Waals surface area contributed by atoms with Crippen molar-refractivity contribution >= 4 is 63.0 Å². The number of hydrogen-bond donors (Lipinski definition) is 2. The van der Waals surface area contributed by atoms with E-state index in [1.54, 1.807) is 18.2 Å². The minimum atomic E-state index is -0.582. The fraction of sp³-hybridized carbons (Fsp3) is 0.